The van der Waals surface area contributed by atoms with Crippen molar-refractivity contribution in [2.75, 3.05) is 5.01 Å². The number of hydrazine groups is 1. The van der Waals surface area contributed by atoms with Gasteiger partial charge in [0.25, 0.3) is 0 Å². The van der Waals surface area contributed by atoms with Crippen molar-refractivity contribution < 1.29 is 4.39 Å². The van der Waals surface area contributed by atoms with E-state index in [1.807, 2.05) is 30.3 Å². The Kier molecular flexibility index (Phi) is 3.17. The summed E-state index contributed by atoms with van der Waals surface area (Å²) in [7, 11) is 0. The second-order valence-electron chi connectivity index (χ2n) is 3.59. The van der Waals surface area contributed by atoms with Gasteiger partial charge in [0.2, 0.25) is 0 Å². The first-order chi connectivity index (χ1) is 7.75. The lowest BCUT2D eigenvalue weighted by Gasteiger charge is -2.18. The molecule has 0 saturated heterocycles. The zero-order valence-electron chi connectivity index (χ0n) is 8.81. The first kappa shape index (κ1) is 10.6. The average molecular weight is 216 g/mol. The van der Waals surface area contributed by atoms with E-state index in [4.69, 9.17) is 5.84 Å². The predicted molar refractivity (Wildman–Crippen MR) is 63.2 cm³/mol. The number of benzene rings is 2. The van der Waals surface area contributed by atoms with Crippen LogP contribution in [0, 0.1) is 5.82 Å². The second kappa shape index (κ2) is 4.77. The van der Waals surface area contributed by atoms with E-state index >= 15 is 0 Å². The van der Waals surface area contributed by atoms with Crippen LogP contribution in [0.2, 0.25) is 0 Å². The highest BCUT2D eigenvalue weighted by molar-refractivity contribution is 5.45. The molecule has 0 aliphatic carbocycles. The fraction of sp³-hybridized carbons (Fsp3) is 0.0769. The number of rotatable bonds is 3. The first-order valence-corrected chi connectivity index (χ1v) is 5.07. The summed E-state index contributed by atoms with van der Waals surface area (Å²) in [5.41, 5.74) is 1.92. The van der Waals surface area contributed by atoms with Crippen LogP contribution in [-0.4, -0.2) is 0 Å². The molecule has 0 fully saturated rings. The maximum Gasteiger partial charge on any atom is 0.123 e. The largest absolute Gasteiger partial charge is 0.307 e. The van der Waals surface area contributed by atoms with Crippen molar-refractivity contribution in [2.24, 2.45) is 5.84 Å². The van der Waals surface area contributed by atoms with Gasteiger partial charge in [0, 0.05) is 0 Å². The molecule has 0 amide bonds. The summed E-state index contributed by atoms with van der Waals surface area (Å²) in [6, 6.07) is 16.0. The van der Waals surface area contributed by atoms with Crippen LogP contribution < -0.4 is 10.9 Å². The van der Waals surface area contributed by atoms with Crippen molar-refractivity contribution in [1.29, 1.82) is 0 Å². The maximum absolute atomic E-state index is 12.7. The van der Waals surface area contributed by atoms with Crippen LogP contribution in [0.1, 0.15) is 5.56 Å². The molecule has 0 saturated carbocycles. The standard InChI is InChI=1S/C13H13FN2/c14-12-6-8-13(9-7-12)16(15)10-11-4-2-1-3-5-11/h1-9H,10,15H2. The maximum atomic E-state index is 12.7. The Balaban J connectivity index is 2.09. The number of anilines is 1. The van der Waals surface area contributed by atoms with Crippen LogP contribution in [0.5, 0.6) is 0 Å². The molecule has 0 aliphatic heterocycles. The van der Waals surface area contributed by atoms with Gasteiger partial charge in [-0.25, -0.2) is 10.2 Å². The first-order valence-electron chi connectivity index (χ1n) is 5.07. The molecule has 3 heteroatoms. The molecule has 2 N–H and O–H groups in total. The Morgan fingerprint density at radius 2 is 1.56 bits per heavy atom. The normalized spacial score (nSPS) is 10.1. The van der Waals surface area contributed by atoms with Crippen molar-refractivity contribution in [3.05, 3.63) is 66.0 Å². The van der Waals surface area contributed by atoms with Crippen molar-refractivity contribution in [3.8, 4) is 0 Å². The molecule has 0 heterocycles. The smallest absolute Gasteiger partial charge is 0.123 e. The van der Waals surface area contributed by atoms with E-state index in [2.05, 4.69) is 0 Å². The molecule has 0 spiro atoms. The molecular formula is C13H13FN2. The molecule has 2 rings (SSSR count). The topological polar surface area (TPSA) is 29.3 Å². The molecule has 0 radical (unpaired) electrons. The van der Waals surface area contributed by atoms with Gasteiger partial charge in [0.05, 0.1) is 12.2 Å². The van der Waals surface area contributed by atoms with Gasteiger partial charge in [0.1, 0.15) is 5.82 Å². The molecule has 0 atom stereocenters. The Bertz CT molecular complexity index is 439. The SMILES string of the molecule is NN(Cc1ccccc1)c1ccc(F)cc1. The van der Waals surface area contributed by atoms with E-state index in [-0.39, 0.29) is 5.82 Å². The number of nitrogens with two attached hydrogens (primary N) is 1. The lowest BCUT2D eigenvalue weighted by molar-refractivity contribution is 0.627. The minimum Gasteiger partial charge on any atom is -0.307 e. The second-order valence-corrected chi connectivity index (χ2v) is 3.59. The van der Waals surface area contributed by atoms with Crippen LogP contribution >= 0.6 is 0 Å². The number of hydrogen-bond acceptors (Lipinski definition) is 2. The molecule has 2 aromatic rings. The monoisotopic (exact) mass is 216 g/mol. The summed E-state index contributed by atoms with van der Waals surface area (Å²) in [4.78, 5) is 0. The lowest BCUT2D eigenvalue weighted by Crippen LogP contribution is -2.29. The third-order valence-electron chi connectivity index (χ3n) is 2.35. The summed E-state index contributed by atoms with van der Waals surface area (Å²) >= 11 is 0. The van der Waals surface area contributed by atoms with Gasteiger partial charge >= 0.3 is 0 Å². The number of hydrogen-bond donors (Lipinski definition) is 1. The summed E-state index contributed by atoms with van der Waals surface area (Å²) in [5, 5.41) is 1.59. The molecule has 0 bridgehead atoms. The quantitative estimate of drug-likeness (QED) is 0.631. The Hall–Kier alpha value is -1.87. The van der Waals surface area contributed by atoms with E-state index in [1.165, 1.54) is 12.1 Å². The molecular weight excluding hydrogens is 203 g/mol. The van der Waals surface area contributed by atoms with Gasteiger partial charge in [-0.2, -0.15) is 0 Å². The Morgan fingerprint density at radius 1 is 0.938 bits per heavy atom. The molecule has 2 aromatic carbocycles. The summed E-state index contributed by atoms with van der Waals surface area (Å²) in [5.74, 6) is 5.64. The van der Waals surface area contributed by atoms with Crippen molar-refractivity contribution in [1.82, 2.24) is 0 Å². The van der Waals surface area contributed by atoms with Crippen molar-refractivity contribution in [2.45, 2.75) is 6.54 Å². The molecule has 16 heavy (non-hydrogen) atoms. The van der Waals surface area contributed by atoms with Crippen LogP contribution in [0.4, 0.5) is 10.1 Å². The van der Waals surface area contributed by atoms with Gasteiger partial charge < -0.3 is 5.01 Å². The van der Waals surface area contributed by atoms with E-state index in [9.17, 15) is 4.39 Å². The van der Waals surface area contributed by atoms with Crippen LogP contribution in [0.3, 0.4) is 0 Å². The third kappa shape index (κ3) is 2.58. The van der Waals surface area contributed by atoms with Crippen LogP contribution in [0.25, 0.3) is 0 Å². The minimum atomic E-state index is -0.253. The zero-order valence-corrected chi connectivity index (χ0v) is 8.81. The minimum absolute atomic E-state index is 0.253. The predicted octanol–water partition coefficient (Wildman–Crippen LogP) is 2.71. The number of nitrogens with zero attached hydrogens (tertiary/aromatic N) is 1. The van der Waals surface area contributed by atoms with Gasteiger partial charge in [0.15, 0.2) is 0 Å². The van der Waals surface area contributed by atoms with E-state index in [1.54, 1.807) is 17.1 Å². The van der Waals surface area contributed by atoms with Crippen molar-refractivity contribution >= 4 is 5.69 Å². The fourth-order valence-corrected chi connectivity index (χ4v) is 1.50. The summed E-state index contributed by atoms with van der Waals surface area (Å²) < 4.78 is 12.7. The highest BCUT2D eigenvalue weighted by Crippen LogP contribution is 2.14. The van der Waals surface area contributed by atoms with Gasteiger partial charge in [-0.05, 0) is 29.8 Å². The van der Waals surface area contributed by atoms with Gasteiger partial charge in [-0.1, -0.05) is 30.3 Å². The Morgan fingerprint density at radius 3 is 2.19 bits per heavy atom. The number of halogens is 1. The highest BCUT2D eigenvalue weighted by atomic mass is 19.1. The van der Waals surface area contributed by atoms with Gasteiger partial charge in [-0.15, -0.1) is 0 Å². The zero-order chi connectivity index (χ0) is 11.4. The molecule has 0 aliphatic rings. The van der Waals surface area contributed by atoms with Gasteiger partial charge in [-0.3, -0.25) is 0 Å². The average Bonchev–Trinajstić information content (AvgIpc) is 2.31. The van der Waals surface area contributed by atoms with Crippen LogP contribution in [0.15, 0.2) is 54.6 Å². The Labute approximate surface area is 94.1 Å². The van der Waals surface area contributed by atoms with E-state index in [0.717, 1.165) is 11.3 Å². The van der Waals surface area contributed by atoms with Crippen molar-refractivity contribution in [3.63, 3.8) is 0 Å². The molecule has 0 aromatic heterocycles. The summed E-state index contributed by atoms with van der Waals surface area (Å²) in [6.07, 6.45) is 0. The van der Waals surface area contributed by atoms with Crippen LogP contribution in [-0.2, 0) is 6.54 Å². The highest BCUT2D eigenvalue weighted by Gasteiger charge is 2.02. The third-order valence-corrected chi connectivity index (χ3v) is 2.35. The molecule has 0 unspecified atom stereocenters. The molecule has 82 valence electrons. The van der Waals surface area contributed by atoms with E-state index in [0.29, 0.717) is 6.54 Å². The molecule has 2 nitrogen and oxygen atoms in total. The van der Waals surface area contributed by atoms with E-state index < -0.39 is 0 Å². The fourth-order valence-electron chi connectivity index (χ4n) is 1.50. The summed E-state index contributed by atoms with van der Waals surface area (Å²) in [6.45, 7) is 0.604. The lowest BCUT2D eigenvalue weighted by atomic mass is 10.2.